The van der Waals surface area contributed by atoms with Gasteiger partial charge in [0.1, 0.15) is 11.6 Å². The lowest BCUT2D eigenvalue weighted by atomic mass is 10.1. The third-order valence-electron chi connectivity index (χ3n) is 2.89. The Morgan fingerprint density at radius 3 is 2.73 bits per heavy atom. The first kappa shape index (κ1) is 13.7. The molecule has 1 aromatic carbocycles. The molecule has 0 aliphatic rings. The molecule has 2 aromatic heterocycles. The lowest BCUT2D eigenvalue weighted by Gasteiger charge is -2.06. The second-order valence-corrected chi connectivity index (χ2v) is 4.44. The highest BCUT2D eigenvalue weighted by atomic mass is 16.5. The summed E-state index contributed by atoms with van der Waals surface area (Å²) in [5.41, 5.74) is 1.41. The Labute approximate surface area is 124 Å². The molecule has 0 aliphatic carbocycles. The summed E-state index contributed by atoms with van der Waals surface area (Å²) in [5.74, 6) is -0.103. The summed E-state index contributed by atoms with van der Waals surface area (Å²) in [7, 11) is 0. The number of aromatic amines is 1. The molecule has 0 bridgehead atoms. The minimum atomic E-state index is -1.22. The number of carbonyl (C=O) groups is 1. The molecule has 22 heavy (non-hydrogen) atoms. The van der Waals surface area contributed by atoms with Crippen molar-refractivity contribution in [3.05, 3.63) is 48.2 Å². The maximum atomic E-state index is 11.0. The van der Waals surface area contributed by atoms with Crippen LogP contribution in [0.5, 0.6) is 11.6 Å². The first-order valence-electron chi connectivity index (χ1n) is 6.35. The number of H-pyrrole nitrogens is 1. The van der Waals surface area contributed by atoms with Crippen molar-refractivity contribution in [2.75, 3.05) is 0 Å². The van der Waals surface area contributed by atoms with E-state index in [1.807, 2.05) is 13.0 Å². The van der Waals surface area contributed by atoms with Crippen molar-refractivity contribution in [2.24, 2.45) is 0 Å². The quantitative estimate of drug-likeness (QED) is 0.757. The van der Waals surface area contributed by atoms with Crippen molar-refractivity contribution < 1.29 is 14.6 Å². The van der Waals surface area contributed by atoms with Gasteiger partial charge in [-0.2, -0.15) is 0 Å². The number of carboxylic acids is 1. The molecule has 0 unspecified atom stereocenters. The summed E-state index contributed by atoms with van der Waals surface area (Å²) in [6.07, 6.45) is 3.42. The van der Waals surface area contributed by atoms with Gasteiger partial charge in [0.05, 0.1) is 0 Å². The fourth-order valence-corrected chi connectivity index (χ4v) is 1.83. The molecule has 2 N–H and O–H groups in total. The van der Waals surface area contributed by atoms with Crippen LogP contribution in [0.3, 0.4) is 0 Å². The molecule has 0 fully saturated rings. The van der Waals surface area contributed by atoms with Crippen LogP contribution < -0.4 is 4.74 Å². The van der Waals surface area contributed by atoms with Gasteiger partial charge in [0.25, 0.3) is 5.88 Å². The van der Waals surface area contributed by atoms with E-state index in [9.17, 15) is 4.79 Å². The number of aromatic nitrogens is 5. The van der Waals surface area contributed by atoms with Crippen LogP contribution in [-0.4, -0.2) is 36.5 Å². The third kappa shape index (κ3) is 2.75. The summed E-state index contributed by atoms with van der Waals surface area (Å²) in [5, 5.41) is 18.3. The van der Waals surface area contributed by atoms with E-state index >= 15 is 0 Å². The van der Waals surface area contributed by atoms with Crippen molar-refractivity contribution in [3.63, 3.8) is 0 Å². The van der Waals surface area contributed by atoms with Gasteiger partial charge in [0.2, 0.25) is 5.69 Å². The number of carboxylic acid groups (broad SMARTS) is 1. The number of ether oxygens (including phenoxy) is 1. The molecule has 0 spiro atoms. The van der Waals surface area contributed by atoms with Crippen LogP contribution in [0.25, 0.3) is 11.1 Å². The minimum absolute atomic E-state index is 0.0233. The van der Waals surface area contributed by atoms with E-state index in [2.05, 4.69) is 25.4 Å². The van der Waals surface area contributed by atoms with E-state index in [1.54, 1.807) is 30.6 Å². The lowest BCUT2D eigenvalue weighted by Crippen LogP contribution is -1.99. The molecule has 3 rings (SSSR count). The van der Waals surface area contributed by atoms with Gasteiger partial charge in [-0.05, 0) is 24.6 Å². The average Bonchev–Trinajstić information content (AvgIpc) is 2.96. The first-order valence-corrected chi connectivity index (χ1v) is 6.35. The van der Waals surface area contributed by atoms with Crippen LogP contribution in [0, 0.1) is 6.92 Å². The zero-order valence-electron chi connectivity index (χ0n) is 11.5. The van der Waals surface area contributed by atoms with Gasteiger partial charge in [-0.15, -0.1) is 5.10 Å². The molecule has 0 radical (unpaired) electrons. The van der Waals surface area contributed by atoms with Gasteiger partial charge in [-0.1, -0.05) is 17.3 Å². The normalized spacial score (nSPS) is 10.4. The van der Waals surface area contributed by atoms with Gasteiger partial charge in [0, 0.05) is 18.0 Å². The van der Waals surface area contributed by atoms with E-state index in [4.69, 9.17) is 9.84 Å². The van der Waals surface area contributed by atoms with Crippen LogP contribution in [0.15, 0.2) is 36.7 Å². The molecule has 3 aromatic rings. The largest absolute Gasteiger partial charge is 0.476 e. The van der Waals surface area contributed by atoms with Gasteiger partial charge < -0.3 is 9.84 Å². The zero-order chi connectivity index (χ0) is 15.5. The lowest BCUT2D eigenvalue weighted by molar-refractivity contribution is 0.0687. The topological polar surface area (TPSA) is 114 Å². The Bertz CT molecular complexity index is 813. The second kappa shape index (κ2) is 5.60. The second-order valence-electron chi connectivity index (χ2n) is 4.44. The predicted molar refractivity (Wildman–Crippen MR) is 75.6 cm³/mol. The van der Waals surface area contributed by atoms with E-state index in [-0.39, 0.29) is 11.6 Å². The molecule has 0 saturated heterocycles. The summed E-state index contributed by atoms with van der Waals surface area (Å²) < 4.78 is 5.49. The molecule has 110 valence electrons. The summed E-state index contributed by atoms with van der Waals surface area (Å²) in [4.78, 5) is 19.3. The first-order chi connectivity index (χ1) is 10.6. The predicted octanol–water partition coefficient (Wildman–Crippen LogP) is 2.06. The van der Waals surface area contributed by atoms with Gasteiger partial charge in [-0.3, -0.25) is 0 Å². The van der Waals surface area contributed by atoms with Crippen LogP contribution in [0.2, 0.25) is 0 Å². The Morgan fingerprint density at radius 2 is 2.00 bits per heavy atom. The molecule has 0 amide bonds. The highest BCUT2D eigenvalue weighted by molar-refractivity contribution is 5.87. The summed E-state index contributed by atoms with van der Waals surface area (Å²) in [6, 6.07) is 7.12. The molecule has 2 heterocycles. The van der Waals surface area contributed by atoms with Gasteiger partial charge in [-0.25, -0.2) is 19.9 Å². The van der Waals surface area contributed by atoms with Crippen molar-refractivity contribution in [2.45, 2.75) is 6.92 Å². The summed E-state index contributed by atoms with van der Waals surface area (Å²) in [6.45, 7) is 1.81. The number of benzene rings is 1. The van der Waals surface area contributed by atoms with E-state index in [0.29, 0.717) is 11.6 Å². The number of aromatic carboxylic acids is 1. The van der Waals surface area contributed by atoms with E-state index in [1.165, 1.54) is 0 Å². The van der Waals surface area contributed by atoms with Crippen molar-refractivity contribution in [1.82, 2.24) is 25.4 Å². The zero-order valence-corrected chi connectivity index (χ0v) is 11.5. The van der Waals surface area contributed by atoms with Gasteiger partial charge >= 0.3 is 5.97 Å². The standard InChI is InChI=1S/C14H11N5O3/c1-8-15-6-10(7-16-8)9-3-2-4-11(5-9)22-13-12(14(20)21)17-19-18-13/h2-7H,1H3,(H,20,21)(H,17,18,19). The fraction of sp³-hybridized carbons (Fsp3) is 0.0714. The van der Waals surface area contributed by atoms with Crippen molar-refractivity contribution in [3.8, 4) is 22.8 Å². The van der Waals surface area contributed by atoms with Crippen LogP contribution in [0.1, 0.15) is 16.3 Å². The summed E-state index contributed by atoms with van der Waals surface area (Å²) >= 11 is 0. The molecule has 0 aliphatic heterocycles. The number of rotatable bonds is 4. The van der Waals surface area contributed by atoms with Crippen LogP contribution >= 0.6 is 0 Å². The average molecular weight is 297 g/mol. The van der Waals surface area contributed by atoms with E-state index in [0.717, 1.165) is 11.1 Å². The Kier molecular flexibility index (Phi) is 3.48. The number of nitrogens with zero attached hydrogens (tertiary/aromatic N) is 4. The van der Waals surface area contributed by atoms with Crippen LogP contribution in [-0.2, 0) is 0 Å². The number of hydrogen-bond donors (Lipinski definition) is 2. The molecular formula is C14H11N5O3. The van der Waals surface area contributed by atoms with E-state index < -0.39 is 5.97 Å². The molecule has 0 saturated carbocycles. The number of hydrogen-bond acceptors (Lipinski definition) is 6. The minimum Gasteiger partial charge on any atom is -0.476 e. The number of aryl methyl sites for hydroxylation is 1. The number of nitrogens with one attached hydrogen (secondary N) is 1. The highest BCUT2D eigenvalue weighted by Gasteiger charge is 2.16. The Balaban J connectivity index is 1.89. The monoisotopic (exact) mass is 297 g/mol. The third-order valence-corrected chi connectivity index (χ3v) is 2.89. The molecular weight excluding hydrogens is 286 g/mol. The Hall–Kier alpha value is -3.29. The fourth-order valence-electron chi connectivity index (χ4n) is 1.83. The Morgan fingerprint density at radius 1 is 1.23 bits per heavy atom. The SMILES string of the molecule is Cc1ncc(-c2cccc(Oc3[nH]nnc3C(=O)O)c2)cn1. The molecule has 0 atom stereocenters. The van der Waals surface area contributed by atoms with Crippen LogP contribution in [0.4, 0.5) is 0 Å². The molecule has 8 heteroatoms. The van der Waals surface area contributed by atoms with Crippen molar-refractivity contribution >= 4 is 5.97 Å². The molecule has 8 nitrogen and oxygen atoms in total. The van der Waals surface area contributed by atoms with Gasteiger partial charge in [0.15, 0.2) is 0 Å². The van der Waals surface area contributed by atoms with Crippen molar-refractivity contribution in [1.29, 1.82) is 0 Å². The maximum Gasteiger partial charge on any atom is 0.362 e. The highest BCUT2D eigenvalue weighted by Crippen LogP contribution is 2.26. The maximum absolute atomic E-state index is 11.0. The smallest absolute Gasteiger partial charge is 0.362 e.